The second-order valence-electron chi connectivity index (χ2n) is 6.49. The van der Waals surface area contributed by atoms with Gasteiger partial charge in [-0.1, -0.05) is 18.2 Å². The van der Waals surface area contributed by atoms with Crippen molar-refractivity contribution in [3.63, 3.8) is 0 Å². The van der Waals surface area contributed by atoms with E-state index in [1.807, 2.05) is 30.3 Å². The number of hydrogen-bond donors (Lipinski definition) is 1. The van der Waals surface area contributed by atoms with E-state index in [4.69, 9.17) is 0 Å². The summed E-state index contributed by atoms with van der Waals surface area (Å²) in [6.45, 7) is 2.30. The van der Waals surface area contributed by atoms with Crippen LogP contribution in [0.25, 0.3) is 0 Å². The molecule has 1 aliphatic heterocycles. The number of likely N-dealkylation sites (tertiary alicyclic amines) is 1. The number of carbonyl (C=O) groups excluding carboxylic acids is 2. The zero-order chi connectivity index (χ0) is 17.0. The minimum atomic E-state index is -0.766. The van der Waals surface area contributed by atoms with Gasteiger partial charge in [-0.15, -0.1) is 0 Å². The molecule has 0 aromatic heterocycles. The third-order valence-corrected chi connectivity index (χ3v) is 4.04. The van der Waals surface area contributed by atoms with E-state index in [1.165, 1.54) is 4.90 Å². The Morgan fingerprint density at radius 3 is 2.61 bits per heavy atom. The van der Waals surface area contributed by atoms with Crippen molar-refractivity contribution in [3.8, 4) is 6.07 Å². The summed E-state index contributed by atoms with van der Waals surface area (Å²) in [6, 6.07) is 10.8. The molecule has 1 heterocycles. The van der Waals surface area contributed by atoms with Crippen LogP contribution in [0.15, 0.2) is 30.3 Å². The Morgan fingerprint density at radius 1 is 1.39 bits per heavy atom. The molecule has 1 aromatic rings. The maximum atomic E-state index is 12.6. The molecule has 1 fully saturated rings. The van der Waals surface area contributed by atoms with Crippen molar-refractivity contribution >= 4 is 17.5 Å². The number of hydrogen-bond acceptors (Lipinski definition) is 4. The number of amides is 2. The van der Waals surface area contributed by atoms with E-state index < -0.39 is 11.5 Å². The zero-order valence-corrected chi connectivity index (χ0v) is 13.7. The number of para-hydroxylation sites is 1. The molecule has 1 aromatic carbocycles. The minimum Gasteiger partial charge on any atom is -0.326 e. The van der Waals surface area contributed by atoms with Crippen LogP contribution < -0.4 is 5.32 Å². The third kappa shape index (κ3) is 3.88. The van der Waals surface area contributed by atoms with Crippen molar-refractivity contribution in [2.24, 2.45) is 5.41 Å². The fraction of sp³-hybridized carbons (Fsp3) is 0.471. The van der Waals surface area contributed by atoms with E-state index in [9.17, 15) is 14.9 Å². The minimum absolute atomic E-state index is 0.127. The molecule has 0 spiro atoms. The average molecular weight is 314 g/mol. The molecular formula is C17H22N4O2. The van der Waals surface area contributed by atoms with Gasteiger partial charge in [-0.2, -0.15) is 5.26 Å². The smallest absolute Gasteiger partial charge is 0.237 e. The molecule has 1 aliphatic rings. The Labute approximate surface area is 136 Å². The largest absolute Gasteiger partial charge is 0.326 e. The molecule has 0 radical (unpaired) electrons. The summed E-state index contributed by atoms with van der Waals surface area (Å²) in [7, 11) is 3.60. The molecule has 2 rings (SSSR count). The highest BCUT2D eigenvalue weighted by molar-refractivity contribution is 5.96. The van der Waals surface area contributed by atoms with Crippen LogP contribution >= 0.6 is 0 Å². The SMILES string of the molecule is CN(C)CC(=O)N1CC(C)(C(=O)Nc2ccccc2)CC1C#N. The quantitative estimate of drug-likeness (QED) is 0.909. The number of benzene rings is 1. The van der Waals surface area contributed by atoms with Crippen molar-refractivity contribution in [1.82, 2.24) is 9.80 Å². The van der Waals surface area contributed by atoms with E-state index in [-0.39, 0.29) is 24.9 Å². The van der Waals surface area contributed by atoms with Gasteiger partial charge in [0, 0.05) is 12.2 Å². The predicted octanol–water partition coefficient (Wildman–Crippen LogP) is 1.32. The summed E-state index contributed by atoms with van der Waals surface area (Å²) < 4.78 is 0. The number of anilines is 1. The molecule has 122 valence electrons. The molecule has 2 unspecified atom stereocenters. The van der Waals surface area contributed by atoms with Gasteiger partial charge in [0.15, 0.2) is 0 Å². The number of nitrogens with one attached hydrogen (secondary N) is 1. The number of likely N-dealkylation sites (N-methyl/N-ethyl adjacent to an activating group) is 1. The molecule has 23 heavy (non-hydrogen) atoms. The Hall–Kier alpha value is -2.39. The number of nitrogens with zero attached hydrogens (tertiary/aromatic N) is 3. The molecule has 6 heteroatoms. The average Bonchev–Trinajstić information content (AvgIpc) is 2.86. The normalized spacial score (nSPS) is 23.6. The molecule has 0 bridgehead atoms. The van der Waals surface area contributed by atoms with Gasteiger partial charge in [0.1, 0.15) is 6.04 Å². The van der Waals surface area contributed by atoms with Crippen molar-refractivity contribution in [2.75, 3.05) is 32.5 Å². The lowest BCUT2D eigenvalue weighted by atomic mass is 9.87. The predicted molar refractivity (Wildman–Crippen MR) is 87.5 cm³/mol. The summed E-state index contributed by atoms with van der Waals surface area (Å²) in [5, 5.41) is 12.2. The fourth-order valence-electron chi connectivity index (χ4n) is 2.79. The van der Waals surface area contributed by atoms with Crippen LogP contribution in [0, 0.1) is 16.7 Å². The summed E-state index contributed by atoms with van der Waals surface area (Å²) in [6.07, 6.45) is 0.349. The van der Waals surface area contributed by atoms with E-state index in [0.29, 0.717) is 12.1 Å². The third-order valence-electron chi connectivity index (χ3n) is 4.04. The van der Waals surface area contributed by atoms with Gasteiger partial charge in [0.25, 0.3) is 0 Å². The summed E-state index contributed by atoms with van der Waals surface area (Å²) in [4.78, 5) is 28.2. The summed E-state index contributed by atoms with van der Waals surface area (Å²) >= 11 is 0. The summed E-state index contributed by atoms with van der Waals surface area (Å²) in [5.74, 6) is -0.290. The highest BCUT2D eigenvalue weighted by Crippen LogP contribution is 2.35. The van der Waals surface area contributed by atoms with Crippen molar-refractivity contribution in [1.29, 1.82) is 5.26 Å². The second-order valence-corrected chi connectivity index (χ2v) is 6.49. The van der Waals surface area contributed by atoms with Gasteiger partial charge in [0.05, 0.1) is 18.0 Å². The zero-order valence-electron chi connectivity index (χ0n) is 13.7. The number of carbonyl (C=O) groups is 2. The standard InChI is InChI=1S/C17H22N4O2/c1-17(16(23)19-13-7-5-4-6-8-13)9-14(10-18)21(12-17)15(22)11-20(2)3/h4-8,14H,9,11-12H2,1-3H3,(H,19,23). The highest BCUT2D eigenvalue weighted by atomic mass is 16.2. The van der Waals surface area contributed by atoms with Crippen LogP contribution in [0.5, 0.6) is 0 Å². The Kier molecular flexibility index (Phi) is 5.02. The van der Waals surface area contributed by atoms with Crippen LogP contribution in [-0.2, 0) is 9.59 Å². The van der Waals surface area contributed by atoms with Gasteiger partial charge in [-0.25, -0.2) is 0 Å². The van der Waals surface area contributed by atoms with Crippen LogP contribution in [0.3, 0.4) is 0 Å². The molecule has 1 N–H and O–H groups in total. The van der Waals surface area contributed by atoms with Crippen LogP contribution in [-0.4, -0.2) is 54.8 Å². The first-order valence-corrected chi connectivity index (χ1v) is 7.56. The first kappa shape index (κ1) is 17.0. The molecular weight excluding hydrogens is 292 g/mol. The molecule has 2 atom stereocenters. The van der Waals surface area contributed by atoms with Gasteiger partial charge in [-0.05, 0) is 39.6 Å². The Balaban J connectivity index is 2.11. The highest BCUT2D eigenvalue weighted by Gasteiger charge is 2.47. The van der Waals surface area contributed by atoms with Gasteiger partial charge in [-0.3, -0.25) is 9.59 Å². The Bertz CT molecular complexity index is 623. The van der Waals surface area contributed by atoms with E-state index in [0.717, 1.165) is 0 Å². The van der Waals surface area contributed by atoms with Gasteiger partial charge in [0.2, 0.25) is 11.8 Å². The molecule has 6 nitrogen and oxygen atoms in total. The number of rotatable bonds is 4. The summed E-state index contributed by atoms with van der Waals surface area (Å²) in [5.41, 5.74) is -0.0524. The Morgan fingerprint density at radius 2 is 2.04 bits per heavy atom. The lowest BCUT2D eigenvalue weighted by Crippen LogP contribution is -2.42. The van der Waals surface area contributed by atoms with Crippen molar-refractivity contribution in [3.05, 3.63) is 30.3 Å². The molecule has 1 saturated heterocycles. The second kappa shape index (κ2) is 6.80. The number of nitriles is 1. The fourth-order valence-corrected chi connectivity index (χ4v) is 2.79. The van der Waals surface area contributed by atoms with E-state index in [1.54, 1.807) is 25.9 Å². The van der Waals surface area contributed by atoms with Crippen molar-refractivity contribution < 1.29 is 9.59 Å². The monoisotopic (exact) mass is 314 g/mol. The molecule has 0 saturated carbocycles. The van der Waals surface area contributed by atoms with E-state index in [2.05, 4.69) is 11.4 Å². The lowest BCUT2D eigenvalue weighted by molar-refractivity contribution is -0.132. The van der Waals surface area contributed by atoms with Crippen LogP contribution in [0.1, 0.15) is 13.3 Å². The topological polar surface area (TPSA) is 76.4 Å². The molecule has 0 aliphatic carbocycles. The van der Waals surface area contributed by atoms with Crippen LogP contribution in [0.2, 0.25) is 0 Å². The van der Waals surface area contributed by atoms with Gasteiger partial charge >= 0.3 is 0 Å². The maximum absolute atomic E-state index is 12.6. The molecule has 2 amide bonds. The van der Waals surface area contributed by atoms with E-state index >= 15 is 0 Å². The van der Waals surface area contributed by atoms with Gasteiger partial charge < -0.3 is 15.1 Å². The first-order chi connectivity index (χ1) is 10.9. The lowest BCUT2D eigenvalue weighted by Gasteiger charge is -2.24. The first-order valence-electron chi connectivity index (χ1n) is 7.56. The van der Waals surface area contributed by atoms with Crippen LogP contribution in [0.4, 0.5) is 5.69 Å². The maximum Gasteiger partial charge on any atom is 0.237 e. The van der Waals surface area contributed by atoms with Crippen molar-refractivity contribution in [2.45, 2.75) is 19.4 Å².